The number of alkyl halides is 1. The maximum absolute atomic E-state index is 9.31. The number of nitrogens with two attached hydrogens (primary N) is 1. The Labute approximate surface area is 69.0 Å². The summed E-state index contributed by atoms with van der Waals surface area (Å²) in [7, 11) is 0. The normalized spacial score (nSPS) is 45.0. The summed E-state index contributed by atoms with van der Waals surface area (Å²) >= 11 is 2.27. The van der Waals surface area contributed by atoms with E-state index in [4.69, 9.17) is 5.73 Å². The quantitative estimate of drug-likeness (QED) is 0.483. The molecular formula is C6H12INO. The molecule has 3 N–H and O–H groups in total. The average Bonchev–Trinajstić information content (AvgIpc) is 1.83. The van der Waals surface area contributed by atoms with E-state index >= 15 is 0 Å². The molecule has 0 aromatic carbocycles. The van der Waals surface area contributed by atoms with Gasteiger partial charge >= 0.3 is 0 Å². The highest BCUT2D eigenvalue weighted by atomic mass is 127. The van der Waals surface area contributed by atoms with Gasteiger partial charge in [-0.3, -0.25) is 0 Å². The summed E-state index contributed by atoms with van der Waals surface area (Å²) in [5.74, 6) is 0. The summed E-state index contributed by atoms with van der Waals surface area (Å²) in [6.07, 6.45) is 3.02. The van der Waals surface area contributed by atoms with Gasteiger partial charge in [-0.2, -0.15) is 0 Å². The minimum Gasteiger partial charge on any atom is -0.390 e. The fraction of sp³-hybridized carbons (Fsp3) is 1.00. The van der Waals surface area contributed by atoms with Crippen LogP contribution < -0.4 is 5.73 Å². The summed E-state index contributed by atoms with van der Waals surface area (Å²) in [5.41, 5.74) is 5.61. The topological polar surface area (TPSA) is 46.2 Å². The third kappa shape index (κ3) is 1.78. The van der Waals surface area contributed by atoms with Gasteiger partial charge in [0.05, 0.1) is 6.10 Å². The number of aliphatic hydroxyl groups excluding tert-OH is 1. The van der Waals surface area contributed by atoms with Crippen molar-refractivity contribution in [3.05, 3.63) is 0 Å². The van der Waals surface area contributed by atoms with E-state index in [0.29, 0.717) is 3.92 Å². The SMILES string of the molecule is NC1CCCC(I)C1O. The molecule has 0 heterocycles. The monoisotopic (exact) mass is 241 g/mol. The molecule has 3 unspecified atom stereocenters. The van der Waals surface area contributed by atoms with Crippen molar-refractivity contribution in [3.63, 3.8) is 0 Å². The highest BCUT2D eigenvalue weighted by molar-refractivity contribution is 14.1. The minimum atomic E-state index is -0.264. The van der Waals surface area contributed by atoms with Crippen molar-refractivity contribution < 1.29 is 5.11 Å². The Balaban J connectivity index is 2.41. The summed E-state index contributed by atoms with van der Waals surface area (Å²) < 4.78 is 0.381. The van der Waals surface area contributed by atoms with E-state index in [9.17, 15) is 5.11 Å². The van der Waals surface area contributed by atoms with Crippen LogP contribution in [-0.4, -0.2) is 21.2 Å². The van der Waals surface area contributed by atoms with Crippen LogP contribution in [0.3, 0.4) is 0 Å². The molecule has 0 radical (unpaired) electrons. The van der Waals surface area contributed by atoms with Crippen LogP contribution in [-0.2, 0) is 0 Å². The van der Waals surface area contributed by atoms with E-state index in [1.165, 1.54) is 6.42 Å². The first-order valence-corrected chi connectivity index (χ1v) is 4.54. The van der Waals surface area contributed by atoms with E-state index in [-0.39, 0.29) is 12.1 Å². The molecule has 1 aliphatic rings. The lowest BCUT2D eigenvalue weighted by Crippen LogP contribution is -2.43. The molecule has 0 aromatic heterocycles. The molecule has 0 spiro atoms. The van der Waals surface area contributed by atoms with Gasteiger partial charge in [-0.25, -0.2) is 0 Å². The van der Waals surface area contributed by atoms with Crippen molar-refractivity contribution >= 4 is 22.6 Å². The number of rotatable bonds is 0. The van der Waals surface area contributed by atoms with E-state index in [1.54, 1.807) is 0 Å². The zero-order valence-corrected chi connectivity index (χ0v) is 7.41. The van der Waals surface area contributed by atoms with Gasteiger partial charge in [-0.05, 0) is 12.8 Å². The first kappa shape index (κ1) is 7.75. The van der Waals surface area contributed by atoms with Crippen molar-refractivity contribution in [2.75, 3.05) is 0 Å². The molecule has 9 heavy (non-hydrogen) atoms. The Kier molecular flexibility index (Phi) is 2.73. The van der Waals surface area contributed by atoms with Gasteiger partial charge < -0.3 is 10.8 Å². The highest BCUT2D eigenvalue weighted by Gasteiger charge is 2.26. The van der Waals surface area contributed by atoms with Gasteiger partial charge in [0.15, 0.2) is 0 Å². The smallest absolute Gasteiger partial charge is 0.0808 e. The second-order valence-electron chi connectivity index (χ2n) is 2.60. The maximum Gasteiger partial charge on any atom is 0.0808 e. The van der Waals surface area contributed by atoms with Crippen molar-refractivity contribution in [1.29, 1.82) is 0 Å². The van der Waals surface area contributed by atoms with Crippen LogP contribution in [0.15, 0.2) is 0 Å². The van der Waals surface area contributed by atoms with Gasteiger partial charge in [0.1, 0.15) is 0 Å². The van der Waals surface area contributed by atoms with E-state index < -0.39 is 0 Å². The van der Waals surface area contributed by atoms with Gasteiger partial charge in [0, 0.05) is 9.97 Å². The Hall–Kier alpha value is 0.650. The predicted molar refractivity (Wildman–Crippen MR) is 45.6 cm³/mol. The third-order valence-corrected chi connectivity index (χ3v) is 3.19. The molecule has 0 aromatic rings. The first-order chi connectivity index (χ1) is 4.22. The lowest BCUT2D eigenvalue weighted by atomic mass is 9.93. The Morgan fingerprint density at radius 3 is 2.56 bits per heavy atom. The van der Waals surface area contributed by atoms with Crippen molar-refractivity contribution in [2.24, 2.45) is 5.73 Å². The van der Waals surface area contributed by atoms with Gasteiger partial charge in [-0.15, -0.1) is 0 Å². The summed E-state index contributed by atoms with van der Waals surface area (Å²) in [6, 6.07) is 0.0284. The van der Waals surface area contributed by atoms with E-state index in [2.05, 4.69) is 22.6 Å². The summed E-state index contributed by atoms with van der Waals surface area (Å²) in [5, 5.41) is 9.31. The van der Waals surface area contributed by atoms with E-state index in [1.807, 2.05) is 0 Å². The molecule has 1 fully saturated rings. The van der Waals surface area contributed by atoms with Crippen molar-refractivity contribution in [2.45, 2.75) is 35.3 Å². The molecule has 1 aliphatic carbocycles. The van der Waals surface area contributed by atoms with Crippen LogP contribution in [0.1, 0.15) is 19.3 Å². The van der Waals surface area contributed by atoms with Crippen LogP contribution in [0, 0.1) is 0 Å². The van der Waals surface area contributed by atoms with Crippen molar-refractivity contribution in [3.8, 4) is 0 Å². The zero-order valence-electron chi connectivity index (χ0n) is 5.26. The second-order valence-corrected chi connectivity index (χ2v) is 4.20. The first-order valence-electron chi connectivity index (χ1n) is 3.29. The fourth-order valence-corrected chi connectivity index (χ4v) is 2.13. The largest absolute Gasteiger partial charge is 0.390 e. The Bertz CT molecular complexity index is 89.1. The molecule has 3 atom stereocenters. The number of hydrogen-bond acceptors (Lipinski definition) is 2. The van der Waals surface area contributed by atoms with Crippen LogP contribution in [0.5, 0.6) is 0 Å². The summed E-state index contributed by atoms with van der Waals surface area (Å²) in [6.45, 7) is 0. The Morgan fingerprint density at radius 1 is 1.44 bits per heavy atom. The lowest BCUT2D eigenvalue weighted by molar-refractivity contribution is 0.120. The second kappa shape index (κ2) is 3.16. The van der Waals surface area contributed by atoms with Crippen LogP contribution >= 0.6 is 22.6 Å². The molecule has 0 saturated heterocycles. The van der Waals surface area contributed by atoms with Gasteiger partial charge in [0.25, 0.3) is 0 Å². The molecule has 0 bridgehead atoms. The minimum absolute atomic E-state index is 0.0284. The van der Waals surface area contributed by atoms with Crippen LogP contribution in [0.2, 0.25) is 0 Å². The lowest BCUT2D eigenvalue weighted by Gasteiger charge is -2.28. The fourth-order valence-electron chi connectivity index (χ4n) is 1.16. The Morgan fingerprint density at radius 2 is 2.11 bits per heavy atom. The molecule has 0 amide bonds. The van der Waals surface area contributed by atoms with E-state index in [0.717, 1.165) is 12.8 Å². The number of aliphatic hydroxyl groups is 1. The highest BCUT2D eigenvalue weighted by Crippen LogP contribution is 2.23. The number of halogens is 1. The third-order valence-electron chi connectivity index (χ3n) is 1.83. The molecule has 54 valence electrons. The van der Waals surface area contributed by atoms with Crippen molar-refractivity contribution in [1.82, 2.24) is 0 Å². The summed E-state index contributed by atoms with van der Waals surface area (Å²) in [4.78, 5) is 0. The zero-order chi connectivity index (χ0) is 6.85. The molecule has 3 heteroatoms. The van der Waals surface area contributed by atoms with Crippen LogP contribution in [0.25, 0.3) is 0 Å². The standard InChI is InChI=1S/C6H12INO/c7-4-2-1-3-5(8)6(4)9/h4-6,9H,1-3,8H2. The van der Waals surface area contributed by atoms with Crippen LogP contribution in [0.4, 0.5) is 0 Å². The molecule has 2 nitrogen and oxygen atoms in total. The maximum atomic E-state index is 9.31. The molecule has 0 aliphatic heterocycles. The molecule has 1 rings (SSSR count). The molecule has 1 saturated carbocycles. The van der Waals surface area contributed by atoms with Gasteiger partial charge in [-0.1, -0.05) is 29.0 Å². The number of hydrogen-bond donors (Lipinski definition) is 2. The average molecular weight is 241 g/mol. The predicted octanol–water partition coefficient (Wildman–Crippen LogP) is 0.662. The van der Waals surface area contributed by atoms with Gasteiger partial charge in [0.2, 0.25) is 0 Å². The molecular weight excluding hydrogens is 229 g/mol.